The van der Waals surface area contributed by atoms with E-state index in [1.54, 1.807) is 0 Å². The minimum absolute atomic E-state index is 0.0771. The predicted octanol–water partition coefficient (Wildman–Crippen LogP) is 4.89. The van der Waals surface area contributed by atoms with Gasteiger partial charge in [0, 0.05) is 31.1 Å². The third kappa shape index (κ3) is 4.43. The third-order valence-electron chi connectivity index (χ3n) is 7.00. The Balaban J connectivity index is 1.43. The van der Waals surface area contributed by atoms with Gasteiger partial charge in [-0.05, 0) is 66.0 Å². The second kappa shape index (κ2) is 9.19. The molecule has 1 atom stereocenters. The molecule has 8 heteroatoms. The first-order valence-corrected chi connectivity index (χ1v) is 13.0. The Kier molecular flexibility index (Phi) is 6.10. The number of anilines is 1. The Morgan fingerprint density at radius 2 is 1.47 bits per heavy atom. The molecule has 0 saturated carbocycles. The summed E-state index contributed by atoms with van der Waals surface area (Å²) >= 11 is 0. The quantitative estimate of drug-likeness (QED) is 0.418. The van der Waals surface area contributed by atoms with Crippen LogP contribution in [0.3, 0.4) is 0 Å². The highest BCUT2D eigenvalue weighted by Crippen LogP contribution is 2.42. The van der Waals surface area contributed by atoms with E-state index < -0.39 is 15.1 Å². The number of hydrogen-bond acceptors (Lipinski definition) is 4. The van der Waals surface area contributed by atoms with Gasteiger partial charge < -0.3 is 0 Å². The van der Waals surface area contributed by atoms with Gasteiger partial charge in [-0.3, -0.25) is 14.8 Å². The smallest absolute Gasteiger partial charge is 0.271 e. The van der Waals surface area contributed by atoms with Crippen molar-refractivity contribution in [2.75, 3.05) is 17.8 Å². The number of piperidine rings is 1. The van der Waals surface area contributed by atoms with Gasteiger partial charge in [0.1, 0.15) is 0 Å². The summed E-state index contributed by atoms with van der Waals surface area (Å²) in [6, 6.07) is 22.6. The van der Waals surface area contributed by atoms with Crippen LogP contribution in [0.15, 0.2) is 72.8 Å². The standard InChI is InChI=1S/C26H27N3O4S/c30-29(31)23-15-13-22(14-16-23)27-34(32,33)28-17-5-8-21(18-28)26-24-9-3-1-6-19(24)11-12-20-7-2-4-10-25(20)26/h1-4,6-7,9-10,13-16,21,26-27H,5,8,11-12,17-18H2. The summed E-state index contributed by atoms with van der Waals surface area (Å²) in [5.41, 5.74) is 5.53. The van der Waals surface area contributed by atoms with Crippen molar-refractivity contribution in [3.63, 3.8) is 0 Å². The van der Waals surface area contributed by atoms with E-state index in [9.17, 15) is 18.5 Å². The fourth-order valence-electron chi connectivity index (χ4n) is 5.40. The number of rotatable bonds is 5. The van der Waals surface area contributed by atoms with Crippen LogP contribution in [-0.2, 0) is 23.1 Å². The van der Waals surface area contributed by atoms with Gasteiger partial charge in [0.25, 0.3) is 5.69 Å². The molecule has 7 nitrogen and oxygen atoms in total. The van der Waals surface area contributed by atoms with Crippen LogP contribution in [0.25, 0.3) is 0 Å². The number of non-ortho nitro benzene ring substituents is 1. The van der Waals surface area contributed by atoms with Crippen LogP contribution < -0.4 is 4.72 Å². The van der Waals surface area contributed by atoms with Gasteiger partial charge in [-0.15, -0.1) is 0 Å². The molecule has 1 saturated heterocycles. The van der Waals surface area contributed by atoms with Crippen LogP contribution in [-0.4, -0.2) is 30.7 Å². The molecule has 0 amide bonds. The maximum Gasteiger partial charge on any atom is 0.301 e. The van der Waals surface area contributed by atoms with Crippen molar-refractivity contribution in [3.05, 3.63) is 105 Å². The number of nitrogens with one attached hydrogen (secondary N) is 1. The van der Waals surface area contributed by atoms with Gasteiger partial charge in [-0.2, -0.15) is 12.7 Å². The monoisotopic (exact) mass is 477 g/mol. The lowest BCUT2D eigenvalue weighted by molar-refractivity contribution is -0.384. The minimum atomic E-state index is -3.79. The molecule has 0 radical (unpaired) electrons. The first-order chi connectivity index (χ1) is 16.4. The fourth-order valence-corrected chi connectivity index (χ4v) is 6.72. The van der Waals surface area contributed by atoms with Gasteiger partial charge in [0.05, 0.1) is 10.6 Å². The highest BCUT2D eigenvalue weighted by atomic mass is 32.2. The van der Waals surface area contributed by atoms with Crippen molar-refractivity contribution in [1.29, 1.82) is 0 Å². The zero-order chi connectivity index (χ0) is 23.7. The van der Waals surface area contributed by atoms with Crippen LogP contribution >= 0.6 is 0 Å². The van der Waals surface area contributed by atoms with E-state index >= 15 is 0 Å². The van der Waals surface area contributed by atoms with E-state index in [-0.39, 0.29) is 17.5 Å². The maximum absolute atomic E-state index is 13.2. The number of fused-ring (bicyclic) bond motifs is 2. The Morgan fingerprint density at radius 1 is 0.882 bits per heavy atom. The number of hydrogen-bond donors (Lipinski definition) is 1. The zero-order valence-corrected chi connectivity index (χ0v) is 19.6. The van der Waals surface area contributed by atoms with Crippen LogP contribution in [0.1, 0.15) is 41.0 Å². The molecule has 3 aromatic carbocycles. The van der Waals surface area contributed by atoms with Crippen molar-refractivity contribution >= 4 is 21.6 Å². The van der Waals surface area contributed by atoms with E-state index in [1.807, 2.05) is 0 Å². The second-order valence-electron chi connectivity index (χ2n) is 9.05. The van der Waals surface area contributed by atoms with Gasteiger partial charge in [0.15, 0.2) is 0 Å². The Labute approximate surface area is 199 Å². The summed E-state index contributed by atoms with van der Waals surface area (Å²) in [4.78, 5) is 10.4. The molecular formula is C26H27N3O4S. The third-order valence-corrected chi connectivity index (χ3v) is 8.51. The summed E-state index contributed by atoms with van der Waals surface area (Å²) in [6.45, 7) is 0.879. The van der Waals surface area contributed by atoms with E-state index in [0.717, 1.165) is 25.7 Å². The Hall–Kier alpha value is -3.23. The van der Waals surface area contributed by atoms with Crippen molar-refractivity contribution < 1.29 is 13.3 Å². The summed E-state index contributed by atoms with van der Waals surface area (Å²) in [7, 11) is -3.79. The molecule has 1 aliphatic heterocycles. The van der Waals surface area contributed by atoms with Gasteiger partial charge in [0.2, 0.25) is 0 Å². The molecule has 3 aromatic rings. The van der Waals surface area contributed by atoms with Gasteiger partial charge in [-0.1, -0.05) is 48.5 Å². The van der Waals surface area contributed by atoms with E-state index in [4.69, 9.17) is 0 Å². The molecule has 34 heavy (non-hydrogen) atoms. The van der Waals surface area contributed by atoms with Crippen molar-refractivity contribution in [2.45, 2.75) is 31.6 Å². The number of benzene rings is 3. The summed E-state index contributed by atoms with van der Waals surface area (Å²) < 4.78 is 30.6. The molecule has 1 heterocycles. The molecule has 2 aliphatic rings. The summed E-state index contributed by atoms with van der Waals surface area (Å²) in [5, 5.41) is 10.9. The number of nitro groups is 1. The van der Waals surface area contributed by atoms with Crippen LogP contribution in [0.5, 0.6) is 0 Å². The lowest BCUT2D eigenvalue weighted by atomic mass is 9.76. The van der Waals surface area contributed by atoms with E-state index in [1.165, 1.54) is 50.8 Å². The fraction of sp³-hybridized carbons (Fsp3) is 0.308. The average molecular weight is 478 g/mol. The normalized spacial score (nSPS) is 19.0. The SMILES string of the molecule is O=[N+]([O-])c1ccc(NS(=O)(=O)N2CCCC(C3c4ccccc4CCc4ccccc43)C2)cc1. The molecule has 1 N–H and O–H groups in total. The molecule has 176 valence electrons. The summed E-state index contributed by atoms with van der Waals surface area (Å²) in [6.07, 6.45) is 3.71. The largest absolute Gasteiger partial charge is 0.301 e. The van der Waals surface area contributed by atoms with Crippen LogP contribution in [0.2, 0.25) is 0 Å². The molecule has 0 bridgehead atoms. The topological polar surface area (TPSA) is 92.5 Å². The van der Waals surface area contributed by atoms with Crippen molar-refractivity contribution in [1.82, 2.24) is 4.31 Å². The van der Waals surface area contributed by atoms with Crippen molar-refractivity contribution in [2.24, 2.45) is 5.92 Å². The average Bonchev–Trinajstić information content (AvgIpc) is 3.01. The molecule has 1 aliphatic carbocycles. The lowest BCUT2D eigenvalue weighted by Crippen LogP contribution is -2.44. The Bertz CT molecular complexity index is 1260. The van der Waals surface area contributed by atoms with E-state index in [0.29, 0.717) is 18.8 Å². The zero-order valence-electron chi connectivity index (χ0n) is 18.8. The highest BCUT2D eigenvalue weighted by molar-refractivity contribution is 7.90. The first kappa shape index (κ1) is 22.6. The maximum atomic E-state index is 13.2. The lowest BCUT2D eigenvalue weighted by Gasteiger charge is -2.37. The molecule has 1 fully saturated rings. The van der Waals surface area contributed by atoms with Crippen LogP contribution in [0.4, 0.5) is 11.4 Å². The molecule has 0 spiro atoms. The minimum Gasteiger partial charge on any atom is -0.271 e. The second-order valence-corrected chi connectivity index (χ2v) is 10.7. The molecule has 1 unspecified atom stereocenters. The van der Waals surface area contributed by atoms with E-state index in [2.05, 4.69) is 53.3 Å². The highest BCUT2D eigenvalue weighted by Gasteiger charge is 2.36. The molecule has 5 rings (SSSR count). The molecular weight excluding hydrogens is 450 g/mol. The Morgan fingerprint density at radius 3 is 2.06 bits per heavy atom. The number of aryl methyl sites for hydroxylation is 2. The van der Waals surface area contributed by atoms with Crippen LogP contribution in [0, 0.1) is 16.0 Å². The number of nitro benzene ring substituents is 1. The molecule has 0 aromatic heterocycles. The number of nitrogens with zero attached hydrogens (tertiary/aromatic N) is 2. The predicted molar refractivity (Wildman–Crippen MR) is 132 cm³/mol. The summed E-state index contributed by atoms with van der Waals surface area (Å²) in [5.74, 6) is 0.301. The van der Waals surface area contributed by atoms with Crippen molar-refractivity contribution in [3.8, 4) is 0 Å². The van der Waals surface area contributed by atoms with Gasteiger partial charge in [-0.25, -0.2) is 0 Å². The first-order valence-electron chi connectivity index (χ1n) is 11.6. The van der Waals surface area contributed by atoms with Gasteiger partial charge >= 0.3 is 10.2 Å².